The lowest BCUT2D eigenvalue weighted by Gasteiger charge is -2.34. The smallest absolute Gasteiger partial charge is 0.412 e. The predicted octanol–water partition coefficient (Wildman–Crippen LogP) is 6.58. The number of nitrogens with zero attached hydrogens (tertiary/aromatic N) is 3. The Morgan fingerprint density at radius 2 is 1.23 bits per heavy atom. The molecular weight excluding hydrogens is 740 g/mol. The maximum Gasteiger partial charge on any atom is 0.412 e. The second-order valence-electron chi connectivity index (χ2n) is 13.3. The van der Waals surface area contributed by atoms with Crippen LogP contribution in [-0.4, -0.2) is 133 Å². The van der Waals surface area contributed by atoms with Gasteiger partial charge in [0, 0.05) is 59.6 Å². The number of carboxylic acid groups (broad SMARTS) is 1. The highest BCUT2D eigenvalue weighted by Crippen LogP contribution is 2.38. The molecule has 0 atom stereocenters. The zero-order valence-corrected chi connectivity index (χ0v) is 33.5. The number of amides is 1. The Bertz CT molecular complexity index is 1770. The zero-order chi connectivity index (χ0) is 40.7. The number of rotatable bonds is 28. The number of aromatic nitrogens is 2. The molecule has 4 aromatic rings. The Morgan fingerprint density at radius 1 is 0.684 bits per heavy atom. The summed E-state index contributed by atoms with van der Waals surface area (Å²) in [4.78, 5) is 22.5. The molecule has 312 valence electrons. The van der Waals surface area contributed by atoms with Crippen LogP contribution in [0.1, 0.15) is 20.8 Å². The van der Waals surface area contributed by atoms with Gasteiger partial charge in [0.25, 0.3) is 0 Å². The maximum absolute atomic E-state index is 12.2. The van der Waals surface area contributed by atoms with Crippen LogP contribution >= 0.6 is 0 Å². The number of fused-ring (bicyclic) bond motifs is 1. The molecule has 0 aliphatic heterocycles. The molecule has 0 aliphatic carbocycles. The molecule has 16 heteroatoms. The van der Waals surface area contributed by atoms with Crippen LogP contribution in [0.25, 0.3) is 10.8 Å². The molecular formula is C41H56N4O12. The van der Waals surface area contributed by atoms with E-state index in [2.05, 4.69) is 15.3 Å². The molecule has 0 aliphatic rings. The molecule has 1 amide bonds. The van der Waals surface area contributed by atoms with E-state index in [1.54, 1.807) is 56.8 Å². The molecule has 0 saturated heterocycles. The maximum atomic E-state index is 12.2. The molecule has 0 fully saturated rings. The molecule has 0 spiro atoms. The van der Waals surface area contributed by atoms with Crippen molar-refractivity contribution in [3.63, 3.8) is 0 Å². The number of anilines is 3. The van der Waals surface area contributed by atoms with E-state index in [4.69, 9.17) is 47.4 Å². The van der Waals surface area contributed by atoms with Crippen molar-refractivity contribution >= 4 is 34.2 Å². The molecule has 1 heterocycles. The van der Waals surface area contributed by atoms with E-state index in [0.29, 0.717) is 127 Å². The first-order valence-electron chi connectivity index (χ1n) is 18.8. The highest BCUT2D eigenvalue weighted by molar-refractivity contribution is 6.04. The van der Waals surface area contributed by atoms with E-state index >= 15 is 0 Å². The first kappa shape index (κ1) is 44.9. The molecule has 57 heavy (non-hydrogen) atoms. The quantitative estimate of drug-likeness (QED) is 0.0590. The van der Waals surface area contributed by atoms with Gasteiger partial charge in [0.1, 0.15) is 23.9 Å². The number of hydrogen-bond donors (Lipinski definition) is 2. The van der Waals surface area contributed by atoms with Crippen molar-refractivity contribution < 1.29 is 57.3 Å². The summed E-state index contributed by atoms with van der Waals surface area (Å²) in [7, 11) is 3.21. The minimum atomic E-state index is -1.04. The van der Waals surface area contributed by atoms with Gasteiger partial charge in [0.05, 0.1) is 98.7 Å². The van der Waals surface area contributed by atoms with E-state index in [-0.39, 0.29) is 5.95 Å². The summed E-state index contributed by atoms with van der Waals surface area (Å²) in [6.45, 7) is 12.2. The van der Waals surface area contributed by atoms with Crippen LogP contribution in [0.5, 0.6) is 23.1 Å². The summed E-state index contributed by atoms with van der Waals surface area (Å²) in [5.74, 6) is 2.25. The minimum absolute atomic E-state index is 0.289. The SMILES string of the molecule is COCCOCCOCCOCCOCCOCCOCCOc1cc(Nc2nccc(Oc3ccc(N(C(=O)O)C(C)(C)C)c4ccccc34)n2)cc(OC)c1. The van der Waals surface area contributed by atoms with Crippen LogP contribution in [0, 0.1) is 0 Å². The molecule has 0 radical (unpaired) electrons. The van der Waals surface area contributed by atoms with Gasteiger partial charge in [-0.05, 0) is 32.9 Å². The van der Waals surface area contributed by atoms with Crippen LogP contribution < -0.4 is 24.4 Å². The summed E-state index contributed by atoms with van der Waals surface area (Å²) in [6, 6.07) is 18.0. The summed E-state index contributed by atoms with van der Waals surface area (Å²) < 4.78 is 55.5. The molecule has 0 unspecified atom stereocenters. The van der Waals surface area contributed by atoms with E-state index in [1.807, 2.05) is 45.0 Å². The fourth-order valence-electron chi connectivity index (χ4n) is 5.40. The lowest BCUT2D eigenvalue weighted by molar-refractivity contribution is -0.0199. The second kappa shape index (κ2) is 24.7. The third kappa shape index (κ3) is 15.9. The van der Waals surface area contributed by atoms with Gasteiger partial charge in [-0.15, -0.1) is 0 Å². The molecule has 16 nitrogen and oxygen atoms in total. The predicted molar refractivity (Wildman–Crippen MR) is 215 cm³/mol. The Labute approximate surface area is 334 Å². The standard InChI is InChI=1S/C41H56N4O12/c1-41(2,3)45(40(46)47)36-10-11-37(35-9-7-6-8-34(35)36)57-38-12-13-42-39(44-38)43-31-28-32(49-5)30-33(29-31)56-27-26-55-25-24-54-23-22-53-21-20-52-19-18-51-17-16-50-15-14-48-4/h6-13,28-30H,14-27H2,1-5H3,(H,46,47)(H,42,43,44). The highest BCUT2D eigenvalue weighted by atomic mass is 16.6. The average molecular weight is 797 g/mol. The molecule has 4 rings (SSSR count). The number of ether oxygens (including phenoxy) is 10. The molecule has 1 aromatic heterocycles. The second-order valence-corrected chi connectivity index (χ2v) is 13.3. The van der Waals surface area contributed by atoms with Crippen molar-refractivity contribution in [3.8, 4) is 23.1 Å². The highest BCUT2D eigenvalue weighted by Gasteiger charge is 2.29. The lowest BCUT2D eigenvalue weighted by Crippen LogP contribution is -2.45. The molecule has 3 aromatic carbocycles. The normalized spacial score (nSPS) is 11.5. The zero-order valence-electron chi connectivity index (χ0n) is 33.5. The van der Waals surface area contributed by atoms with E-state index < -0.39 is 11.6 Å². The third-order valence-electron chi connectivity index (χ3n) is 7.97. The van der Waals surface area contributed by atoms with Gasteiger partial charge in [-0.2, -0.15) is 4.98 Å². The molecule has 0 bridgehead atoms. The van der Waals surface area contributed by atoms with E-state index in [1.165, 1.54) is 4.90 Å². The Kier molecular flexibility index (Phi) is 19.5. The fourth-order valence-corrected chi connectivity index (χ4v) is 5.40. The van der Waals surface area contributed by atoms with Crippen LogP contribution in [0.3, 0.4) is 0 Å². The first-order valence-corrected chi connectivity index (χ1v) is 18.8. The Hall–Kier alpha value is -4.81. The average Bonchev–Trinajstić information content (AvgIpc) is 3.18. The van der Waals surface area contributed by atoms with Gasteiger partial charge >= 0.3 is 6.09 Å². The monoisotopic (exact) mass is 796 g/mol. The van der Waals surface area contributed by atoms with Crippen LogP contribution in [0.15, 0.2) is 66.9 Å². The molecule has 2 N–H and O–H groups in total. The van der Waals surface area contributed by atoms with Gasteiger partial charge < -0.3 is 57.8 Å². The van der Waals surface area contributed by atoms with Crippen LogP contribution in [-0.2, 0) is 33.2 Å². The summed E-state index contributed by atoms with van der Waals surface area (Å²) >= 11 is 0. The van der Waals surface area contributed by atoms with Crippen molar-refractivity contribution in [1.82, 2.24) is 9.97 Å². The Morgan fingerprint density at radius 3 is 1.77 bits per heavy atom. The number of carbonyl (C=O) groups is 1. The van der Waals surface area contributed by atoms with Gasteiger partial charge in [-0.3, -0.25) is 4.90 Å². The van der Waals surface area contributed by atoms with Crippen LogP contribution in [0.4, 0.5) is 22.1 Å². The number of benzene rings is 3. The topological polar surface area (TPSA) is 171 Å². The third-order valence-corrected chi connectivity index (χ3v) is 7.97. The number of hydrogen-bond acceptors (Lipinski definition) is 14. The van der Waals surface area contributed by atoms with Gasteiger partial charge in [0.15, 0.2) is 0 Å². The minimum Gasteiger partial charge on any atom is -0.497 e. The summed E-state index contributed by atoms with van der Waals surface area (Å²) in [5, 5.41) is 14.7. The van der Waals surface area contributed by atoms with Gasteiger partial charge in [0.2, 0.25) is 11.8 Å². The van der Waals surface area contributed by atoms with Crippen LogP contribution in [0.2, 0.25) is 0 Å². The van der Waals surface area contributed by atoms with Crippen molar-refractivity contribution in [2.45, 2.75) is 26.3 Å². The molecule has 0 saturated carbocycles. The van der Waals surface area contributed by atoms with Crippen molar-refractivity contribution in [2.75, 3.05) is 117 Å². The largest absolute Gasteiger partial charge is 0.497 e. The van der Waals surface area contributed by atoms with Gasteiger partial charge in [-0.1, -0.05) is 24.3 Å². The van der Waals surface area contributed by atoms with E-state index in [0.717, 1.165) is 10.8 Å². The number of methoxy groups -OCH3 is 2. The summed E-state index contributed by atoms with van der Waals surface area (Å²) in [6.07, 6.45) is 0.541. The van der Waals surface area contributed by atoms with E-state index in [9.17, 15) is 9.90 Å². The van der Waals surface area contributed by atoms with Crippen molar-refractivity contribution in [2.24, 2.45) is 0 Å². The lowest BCUT2D eigenvalue weighted by atomic mass is 10.0. The van der Waals surface area contributed by atoms with Crippen molar-refractivity contribution in [1.29, 1.82) is 0 Å². The van der Waals surface area contributed by atoms with Crippen molar-refractivity contribution in [3.05, 3.63) is 66.9 Å². The fraction of sp³-hybridized carbons (Fsp3) is 0.488. The summed E-state index contributed by atoms with van der Waals surface area (Å²) in [5.41, 5.74) is 0.538. The Balaban J connectivity index is 1.15. The first-order chi connectivity index (χ1) is 27.7. The number of nitrogens with one attached hydrogen (secondary N) is 1. The van der Waals surface area contributed by atoms with Gasteiger partial charge in [-0.25, -0.2) is 9.78 Å².